The molecule has 0 aromatic carbocycles. The van der Waals surface area contributed by atoms with E-state index in [0.29, 0.717) is 52.9 Å². The summed E-state index contributed by atoms with van der Waals surface area (Å²) in [5.74, 6) is 1.20. The third kappa shape index (κ3) is 3.50. The highest BCUT2D eigenvalue weighted by Gasteiger charge is 2.32. The maximum atomic E-state index is 12.6. The van der Waals surface area contributed by atoms with Gasteiger partial charge in [0.1, 0.15) is 4.21 Å². The Kier molecular flexibility index (Phi) is 5.26. The van der Waals surface area contributed by atoms with Crippen LogP contribution in [0.4, 0.5) is 0 Å². The van der Waals surface area contributed by atoms with Gasteiger partial charge in [0.25, 0.3) is 10.0 Å². The van der Waals surface area contributed by atoms with Gasteiger partial charge in [0, 0.05) is 32.6 Å². The molecule has 0 N–H and O–H groups in total. The molecule has 3 rings (SSSR count). The predicted octanol–water partition coefficient (Wildman–Crippen LogP) is 2.41. The van der Waals surface area contributed by atoms with Crippen LogP contribution in [0.25, 0.3) is 0 Å². The topological polar surface area (TPSA) is 79.5 Å². The van der Waals surface area contributed by atoms with Gasteiger partial charge < -0.3 is 4.42 Å². The molecule has 10 heteroatoms. The molecule has 1 aliphatic rings. The second-order valence-electron chi connectivity index (χ2n) is 5.56. The molecule has 0 unspecified atom stereocenters. The Balaban J connectivity index is 1.65. The van der Waals surface area contributed by atoms with Crippen molar-refractivity contribution in [3.8, 4) is 0 Å². The lowest BCUT2D eigenvalue weighted by molar-refractivity contribution is 0.128. The SMILES string of the molecule is CCc1nnc([C@H](C)N2CCN(S(=O)(=O)c3ccc(Cl)s3)CC2)o1. The number of hydrogen-bond donors (Lipinski definition) is 0. The molecule has 3 heterocycles. The molecule has 0 bridgehead atoms. The Hall–Kier alpha value is -1.00. The fraction of sp³-hybridized carbons (Fsp3) is 0.571. The van der Waals surface area contributed by atoms with E-state index in [1.165, 1.54) is 4.31 Å². The van der Waals surface area contributed by atoms with Gasteiger partial charge in [-0.15, -0.1) is 21.5 Å². The van der Waals surface area contributed by atoms with Crippen molar-refractivity contribution in [1.82, 2.24) is 19.4 Å². The number of halogens is 1. The van der Waals surface area contributed by atoms with E-state index in [9.17, 15) is 8.42 Å². The number of sulfonamides is 1. The van der Waals surface area contributed by atoms with E-state index >= 15 is 0 Å². The smallest absolute Gasteiger partial charge is 0.252 e. The summed E-state index contributed by atoms with van der Waals surface area (Å²) in [4.78, 5) is 2.15. The van der Waals surface area contributed by atoms with Crippen LogP contribution in [-0.4, -0.2) is 54.0 Å². The van der Waals surface area contributed by atoms with Crippen LogP contribution in [0.1, 0.15) is 31.7 Å². The third-order valence-corrected chi connectivity index (χ3v) is 7.70. The summed E-state index contributed by atoms with van der Waals surface area (Å²) in [6, 6.07) is 3.14. The van der Waals surface area contributed by atoms with Crippen molar-refractivity contribution in [2.75, 3.05) is 26.2 Å². The summed E-state index contributed by atoms with van der Waals surface area (Å²) in [5, 5.41) is 8.06. The van der Waals surface area contributed by atoms with Gasteiger partial charge in [-0.1, -0.05) is 18.5 Å². The predicted molar refractivity (Wildman–Crippen MR) is 91.8 cm³/mol. The molecule has 2 aromatic heterocycles. The van der Waals surface area contributed by atoms with Gasteiger partial charge >= 0.3 is 0 Å². The second-order valence-corrected chi connectivity index (χ2v) is 9.44. The van der Waals surface area contributed by atoms with Crippen LogP contribution >= 0.6 is 22.9 Å². The van der Waals surface area contributed by atoms with E-state index in [1.54, 1.807) is 12.1 Å². The Morgan fingerprint density at radius 1 is 1.29 bits per heavy atom. The minimum absolute atomic E-state index is 0.0289. The van der Waals surface area contributed by atoms with Crippen LogP contribution in [0.2, 0.25) is 4.34 Å². The van der Waals surface area contributed by atoms with Crippen molar-refractivity contribution in [2.45, 2.75) is 30.5 Å². The molecule has 0 aliphatic carbocycles. The zero-order chi connectivity index (χ0) is 17.3. The third-order valence-electron chi connectivity index (χ3n) is 4.11. The molecule has 0 spiro atoms. The lowest BCUT2D eigenvalue weighted by Crippen LogP contribution is -2.49. The standard InChI is InChI=1S/C14H19ClN4O3S2/c1-3-12-16-17-14(22-12)10(2)18-6-8-19(9-7-18)24(20,21)13-5-4-11(15)23-13/h4-5,10H,3,6-9H2,1-2H3/t10-/m0/s1. The number of hydrogen-bond acceptors (Lipinski definition) is 7. The van der Waals surface area contributed by atoms with Crippen LogP contribution < -0.4 is 0 Å². The van der Waals surface area contributed by atoms with Crippen LogP contribution in [0.15, 0.2) is 20.8 Å². The summed E-state index contributed by atoms with van der Waals surface area (Å²) in [7, 11) is -3.47. The highest BCUT2D eigenvalue weighted by atomic mass is 35.5. The monoisotopic (exact) mass is 390 g/mol. The molecule has 1 atom stereocenters. The van der Waals surface area contributed by atoms with Crippen molar-refractivity contribution in [3.63, 3.8) is 0 Å². The largest absolute Gasteiger partial charge is 0.424 e. The number of aryl methyl sites for hydroxylation is 1. The maximum Gasteiger partial charge on any atom is 0.252 e. The summed E-state index contributed by atoms with van der Waals surface area (Å²) in [6.07, 6.45) is 0.703. The number of thiophene rings is 1. The summed E-state index contributed by atoms with van der Waals surface area (Å²) < 4.78 is 33.1. The highest BCUT2D eigenvalue weighted by molar-refractivity contribution is 7.91. The van der Waals surface area contributed by atoms with Gasteiger partial charge in [-0.3, -0.25) is 4.90 Å². The van der Waals surface area contributed by atoms with Crippen LogP contribution in [0.3, 0.4) is 0 Å². The van der Waals surface area contributed by atoms with Crippen molar-refractivity contribution in [3.05, 3.63) is 28.3 Å². The molecule has 2 aromatic rings. The fourth-order valence-electron chi connectivity index (χ4n) is 2.63. The zero-order valence-corrected chi connectivity index (χ0v) is 15.9. The molecule has 1 fully saturated rings. The molecular weight excluding hydrogens is 372 g/mol. The van der Waals surface area contributed by atoms with Gasteiger partial charge in [0.15, 0.2) is 0 Å². The molecule has 0 radical (unpaired) electrons. The van der Waals surface area contributed by atoms with Crippen LogP contribution in [0.5, 0.6) is 0 Å². The average Bonchev–Trinajstić information content (AvgIpc) is 3.23. The summed E-state index contributed by atoms with van der Waals surface area (Å²) in [5.41, 5.74) is 0. The zero-order valence-electron chi connectivity index (χ0n) is 13.5. The number of rotatable bonds is 5. The minimum Gasteiger partial charge on any atom is -0.424 e. The van der Waals surface area contributed by atoms with Gasteiger partial charge in [0.05, 0.1) is 10.4 Å². The van der Waals surface area contributed by atoms with E-state index in [4.69, 9.17) is 16.0 Å². The first-order valence-corrected chi connectivity index (χ1v) is 10.4. The minimum atomic E-state index is -3.47. The molecule has 0 amide bonds. The van der Waals surface area contributed by atoms with Crippen molar-refractivity contribution < 1.29 is 12.8 Å². The van der Waals surface area contributed by atoms with E-state index < -0.39 is 10.0 Å². The fourth-order valence-corrected chi connectivity index (χ4v) is 5.69. The number of nitrogens with zero attached hydrogens (tertiary/aromatic N) is 4. The van der Waals surface area contributed by atoms with Gasteiger partial charge in [0.2, 0.25) is 11.8 Å². The Morgan fingerprint density at radius 2 is 2.00 bits per heavy atom. The van der Waals surface area contributed by atoms with Crippen molar-refractivity contribution >= 4 is 33.0 Å². The highest BCUT2D eigenvalue weighted by Crippen LogP contribution is 2.29. The first-order chi connectivity index (χ1) is 11.4. The maximum absolute atomic E-state index is 12.6. The quantitative estimate of drug-likeness (QED) is 0.780. The lowest BCUT2D eigenvalue weighted by Gasteiger charge is -2.35. The summed E-state index contributed by atoms with van der Waals surface area (Å²) in [6.45, 7) is 6.04. The van der Waals surface area contributed by atoms with Gasteiger partial charge in [-0.2, -0.15) is 4.31 Å². The van der Waals surface area contributed by atoms with E-state index in [2.05, 4.69) is 15.1 Å². The molecule has 24 heavy (non-hydrogen) atoms. The van der Waals surface area contributed by atoms with Crippen LogP contribution in [-0.2, 0) is 16.4 Å². The second kappa shape index (κ2) is 7.09. The molecular formula is C14H19ClN4O3S2. The lowest BCUT2D eigenvalue weighted by atomic mass is 10.2. The first kappa shape index (κ1) is 17.8. The van der Waals surface area contributed by atoms with E-state index in [-0.39, 0.29) is 6.04 Å². The van der Waals surface area contributed by atoms with E-state index in [1.807, 2.05) is 13.8 Å². The molecule has 1 saturated heterocycles. The van der Waals surface area contributed by atoms with Gasteiger partial charge in [-0.25, -0.2) is 8.42 Å². The average molecular weight is 391 g/mol. The summed E-state index contributed by atoms with van der Waals surface area (Å²) >= 11 is 6.94. The van der Waals surface area contributed by atoms with E-state index in [0.717, 1.165) is 11.3 Å². The molecule has 7 nitrogen and oxygen atoms in total. The molecule has 1 aliphatic heterocycles. The normalized spacial score (nSPS) is 18.8. The van der Waals surface area contributed by atoms with Gasteiger partial charge in [-0.05, 0) is 19.1 Å². The Bertz CT molecular complexity index is 797. The Labute approximate surface area is 150 Å². The number of aromatic nitrogens is 2. The first-order valence-electron chi connectivity index (χ1n) is 7.73. The number of piperazine rings is 1. The molecule has 132 valence electrons. The van der Waals surface area contributed by atoms with Crippen molar-refractivity contribution in [1.29, 1.82) is 0 Å². The molecule has 0 saturated carbocycles. The van der Waals surface area contributed by atoms with Crippen LogP contribution in [0, 0.1) is 0 Å². The van der Waals surface area contributed by atoms with Crippen molar-refractivity contribution in [2.24, 2.45) is 0 Å². The Morgan fingerprint density at radius 3 is 2.54 bits per heavy atom.